The van der Waals surface area contributed by atoms with E-state index < -0.39 is 11.9 Å². The zero-order valence-electron chi connectivity index (χ0n) is 9.34. The summed E-state index contributed by atoms with van der Waals surface area (Å²) in [5.74, 6) is -1.72. The summed E-state index contributed by atoms with van der Waals surface area (Å²) in [6.07, 6.45) is 5.21. The van der Waals surface area contributed by atoms with Crippen LogP contribution < -0.4 is 5.32 Å². The lowest BCUT2D eigenvalue weighted by Crippen LogP contribution is -2.34. The fraction of sp³-hybridized carbons (Fsp3) is 0.250. The maximum atomic E-state index is 11.9. The highest BCUT2D eigenvalue weighted by Crippen LogP contribution is 2.19. The van der Waals surface area contributed by atoms with Gasteiger partial charge in [-0.15, -0.1) is 0 Å². The van der Waals surface area contributed by atoms with Gasteiger partial charge in [0.1, 0.15) is 5.69 Å². The van der Waals surface area contributed by atoms with Crippen LogP contribution in [-0.4, -0.2) is 28.0 Å². The number of pyridine rings is 1. The van der Waals surface area contributed by atoms with Gasteiger partial charge in [0.25, 0.3) is 5.91 Å². The molecule has 1 aromatic rings. The Morgan fingerprint density at radius 1 is 1.44 bits per heavy atom. The second-order valence-electron chi connectivity index (χ2n) is 3.98. The molecule has 1 heterocycles. The maximum absolute atomic E-state index is 11.9. The lowest BCUT2D eigenvalue weighted by Gasteiger charge is -2.12. The third-order valence-electron chi connectivity index (χ3n) is 2.69. The van der Waals surface area contributed by atoms with Gasteiger partial charge in [0.15, 0.2) is 0 Å². The molecule has 1 aromatic heterocycles. The summed E-state index contributed by atoms with van der Waals surface area (Å²) in [5, 5.41) is 11.6. The van der Waals surface area contributed by atoms with Crippen molar-refractivity contribution >= 4 is 27.8 Å². The third-order valence-corrected chi connectivity index (χ3v) is 3.33. The van der Waals surface area contributed by atoms with Crippen LogP contribution in [0.2, 0.25) is 0 Å². The fourth-order valence-corrected chi connectivity index (χ4v) is 2.21. The van der Waals surface area contributed by atoms with Crippen molar-refractivity contribution in [2.75, 3.05) is 0 Å². The normalized spacial score (nSPS) is 21.8. The van der Waals surface area contributed by atoms with Gasteiger partial charge in [-0.25, -0.2) is 4.98 Å². The van der Waals surface area contributed by atoms with Crippen molar-refractivity contribution in [1.29, 1.82) is 0 Å². The topological polar surface area (TPSA) is 79.3 Å². The van der Waals surface area contributed by atoms with Gasteiger partial charge >= 0.3 is 5.97 Å². The van der Waals surface area contributed by atoms with Crippen LogP contribution in [-0.2, 0) is 4.79 Å². The Morgan fingerprint density at radius 3 is 2.83 bits per heavy atom. The van der Waals surface area contributed by atoms with Gasteiger partial charge in [-0.3, -0.25) is 9.59 Å². The first kappa shape index (κ1) is 12.8. The molecule has 2 unspecified atom stereocenters. The first-order chi connectivity index (χ1) is 8.58. The Hall–Kier alpha value is -1.69. The second-order valence-corrected chi connectivity index (χ2v) is 4.83. The molecule has 2 rings (SSSR count). The fourth-order valence-electron chi connectivity index (χ4n) is 1.78. The summed E-state index contributed by atoms with van der Waals surface area (Å²) in [5.41, 5.74) is 0.296. The van der Waals surface area contributed by atoms with Gasteiger partial charge in [-0.1, -0.05) is 12.2 Å². The highest BCUT2D eigenvalue weighted by atomic mass is 79.9. The molecule has 0 aliphatic heterocycles. The number of aliphatic carboxylic acids is 1. The molecule has 18 heavy (non-hydrogen) atoms. The van der Waals surface area contributed by atoms with Crippen molar-refractivity contribution in [3.8, 4) is 0 Å². The van der Waals surface area contributed by atoms with Crippen molar-refractivity contribution < 1.29 is 14.7 Å². The van der Waals surface area contributed by atoms with Crippen LogP contribution in [0.3, 0.4) is 0 Å². The van der Waals surface area contributed by atoms with E-state index in [1.807, 2.05) is 0 Å². The number of nitrogens with zero attached hydrogens (tertiary/aromatic N) is 1. The van der Waals surface area contributed by atoms with Crippen molar-refractivity contribution in [3.63, 3.8) is 0 Å². The molecule has 5 nitrogen and oxygen atoms in total. The number of carbonyl (C=O) groups excluding carboxylic acids is 1. The molecule has 2 N–H and O–H groups in total. The number of carboxylic acids is 1. The molecule has 0 spiro atoms. The molecule has 0 saturated heterocycles. The van der Waals surface area contributed by atoms with Gasteiger partial charge in [-0.05, 0) is 34.5 Å². The molecule has 0 bridgehead atoms. The number of amides is 1. The highest BCUT2D eigenvalue weighted by Gasteiger charge is 2.26. The maximum Gasteiger partial charge on any atom is 0.310 e. The molecule has 94 valence electrons. The molecule has 6 heteroatoms. The molecule has 0 radical (unpaired) electrons. The van der Waals surface area contributed by atoms with Gasteiger partial charge in [0, 0.05) is 16.7 Å². The number of hydrogen-bond donors (Lipinski definition) is 2. The summed E-state index contributed by atoms with van der Waals surface area (Å²) in [7, 11) is 0. The van der Waals surface area contributed by atoms with Crippen molar-refractivity contribution in [2.24, 2.45) is 5.92 Å². The number of carboxylic acid groups (broad SMARTS) is 1. The third kappa shape index (κ3) is 2.76. The van der Waals surface area contributed by atoms with Crippen LogP contribution in [0.1, 0.15) is 16.9 Å². The van der Waals surface area contributed by atoms with E-state index in [0.717, 1.165) is 0 Å². The van der Waals surface area contributed by atoms with E-state index in [0.29, 0.717) is 16.6 Å². The number of aromatic nitrogens is 1. The molecular weight excluding hydrogens is 300 g/mol. The number of carbonyl (C=O) groups is 2. The summed E-state index contributed by atoms with van der Waals surface area (Å²) in [6.45, 7) is 0. The SMILES string of the molecule is O=C(NC1C=CC(C(=O)O)C1)c1ncccc1Br. The molecule has 1 aliphatic rings. The van der Waals surface area contributed by atoms with Gasteiger partial charge in [-0.2, -0.15) is 0 Å². The van der Waals surface area contributed by atoms with E-state index in [1.54, 1.807) is 24.3 Å². The van der Waals surface area contributed by atoms with E-state index in [-0.39, 0.29) is 11.9 Å². The first-order valence-electron chi connectivity index (χ1n) is 5.40. The first-order valence-corrected chi connectivity index (χ1v) is 6.19. The summed E-state index contributed by atoms with van der Waals surface area (Å²) in [6, 6.07) is 3.19. The Morgan fingerprint density at radius 2 is 2.22 bits per heavy atom. The van der Waals surface area contributed by atoms with Crippen molar-refractivity contribution in [1.82, 2.24) is 10.3 Å². The van der Waals surface area contributed by atoms with E-state index in [4.69, 9.17) is 5.11 Å². The van der Waals surface area contributed by atoms with E-state index in [1.165, 1.54) is 6.20 Å². The monoisotopic (exact) mass is 310 g/mol. The standard InChI is InChI=1S/C12H11BrN2O3/c13-9-2-1-5-14-10(9)11(16)15-8-4-3-7(6-8)12(17)18/h1-5,7-8H,6H2,(H,15,16)(H,17,18). The number of rotatable bonds is 3. The van der Waals surface area contributed by atoms with Crippen LogP contribution in [0.15, 0.2) is 35.0 Å². The number of nitrogens with one attached hydrogen (secondary N) is 1. The smallest absolute Gasteiger partial charge is 0.310 e. The Kier molecular flexibility index (Phi) is 3.76. The highest BCUT2D eigenvalue weighted by molar-refractivity contribution is 9.10. The number of halogens is 1. The zero-order chi connectivity index (χ0) is 13.1. The van der Waals surface area contributed by atoms with Crippen LogP contribution in [0.5, 0.6) is 0 Å². The van der Waals surface area contributed by atoms with Gasteiger partial charge < -0.3 is 10.4 Å². The van der Waals surface area contributed by atoms with Crippen LogP contribution in [0.25, 0.3) is 0 Å². The Labute approximate surface area is 112 Å². The molecule has 1 amide bonds. The average molecular weight is 311 g/mol. The minimum Gasteiger partial charge on any atom is -0.481 e. The molecule has 0 fully saturated rings. The van der Waals surface area contributed by atoms with Crippen LogP contribution in [0.4, 0.5) is 0 Å². The average Bonchev–Trinajstić information content (AvgIpc) is 2.78. The molecule has 0 aromatic carbocycles. The Bertz CT molecular complexity index is 516. The van der Waals surface area contributed by atoms with Gasteiger partial charge in [0.05, 0.1) is 5.92 Å². The molecule has 2 atom stereocenters. The lowest BCUT2D eigenvalue weighted by atomic mass is 10.1. The van der Waals surface area contributed by atoms with Crippen molar-refractivity contribution in [3.05, 3.63) is 40.6 Å². The Balaban J connectivity index is 2.00. The quantitative estimate of drug-likeness (QED) is 0.831. The van der Waals surface area contributed by atoms with E-state index >= 15 is 0 Å². The number of hydrogen-bond acceptors (Lipinski definition) is 3. The molecular formula is C12H11BrN2O3. The molecule has 1 aliphatic carbocycles. The minimum atomic E-state index is -0.873. The zero-order valence-corrected chi connectivity index (χ0v) is 10.9. The predicted octanol–water partition coefficient (Wildman–Crippen LogP) is 1.60. The second kappa shape index (κ2) is 5.30. The van der Waals surface area contributed by atoms with Crippen LogP contribution >= 0.6 is 15.9 Å². The summed E-state index contributed by atoms with van der Waals surface area (Å²) in [4.78, 5) is 26.7. The largest absolute Gasteiger partial charge is 0.481 e. The molecule has 0 saturated carbocycles. The van der Waals surface area contributed by atoms with Crippen LogP contribution in [0, 0.1) is 5.92 Å². The predicted molar refractivity (Wildman–Crippen MR) is 68.1 cm³/mol. The lowest BCUT2D eigenvalue weighted by molar-refractivity contribution is -0.140. The summed E-state index contributed by atoms with van der Waals surface area (Å²) < 4.78 is 0.610. The van der Waals surface area contributed by atoms with Crippen molar-refractivity contribution in [2.45, 2.75) is 12.5 Å². The van der Waals surface area contributed by atoms with Gasteiger partial charge in [0.2, 0.25) is 0 Å². The van der Waals surface area contributed by atoms with E-state index in [9.17, 15) is 9.59 Å². The van der Waals surface area contributed by atoms with E-state index in [2.05, 4.69) is 26.2 Å². The summed E-state index contributed by atoms with van der Waals surface area (Å²) >= 11 is 3.25. The minimum absolute atomic E-state index is 0.257.